The molecule has 3 heterocycles. The molecule has 1 unspecified atom stereocenters. The molecule has 0 N–H and O–H groups in total. The zero-order valence-electron chi connectivity index (χ0n) is 18.6. The van der Waals surface area contributed by atoms with E-state index in [0.29, 0.717) is 35.1 Å². The average Bonchev–Trinajstić information content (AvgIpc) is 3.49. The number of aromatic nitrogens is 5. The van der Waals surface area contributed by atoms with Gasteiger partial charge in [-0.1, -0.05) is 43.2 Å². The maximum Gasteiger partial charge on any atom is 0.268 e. The summed E-state index contributed by atoms with van der Waals surface area (Å²) in [5.74, 6) is 0.878. The van der Waals surface area contributed by atoms with Gasteiger partial charge in [-0.15, -0.1) is 0 Å². The van der Waals surface area contributed by atoms with E-state index in [0.717, 1.165) is 0 Å². The molecule has 0 bridgehead atoms. The van der Waals surface area contributed by atoms with Crippen molar-refractivity contribution >= 4 is 10.7 Å². The first-order valence-corrected chi connectivity index (χ1v) is 11.9. The van der Waals surface area contributed by atoms with Gasteiger partial charge in [-0.2, -0.15) is 9.97 Å². The lowest BCUT2D eigenvalue weighted by molar-refractivity contribution is 0.154. The molecule has 0 saturated heterocycles. The minimum absolute atomic E-state index is 0.0792. The Morgan fingerprint density at radius 1 is 1.03 bits per heavy atom. The van der Waals surface area contributed by atoms with E-state index in [4.69, 9.17) is 13.8 Å². The standard InChI is InChI=1S/C22H22FN5O5S/c1-4-18(31-15-7-8-17(24-10-15)20-26-21(12(2)3)32-28-20)22-25-19(27-33-22)13-5-6-14(11-34(29)30)16(23)9-13/h5-10,12,18,34H,4,11H2,1-3H3. The summed E-state index contributed by atoms with van der Waals surface area (Å²) >= 11 is 0. The summed E-state index contributed by atoms with van der Waals surface area (Å²) in [7, 11) is -2.73. The molecule has 0 aliphatic heterocycles. The van der Waals surface area contributed by atoms with E-state index in [1.54, 1.807) is 18.2 Å². The van der Waals surface area contributed by atoms with Crippen molar-refractivity contribution in [3.8, 4) is 28.7 Å². The Labute approximate surface area is 196 Å². The number of rotatable bonds is 9. The van der Waals surface area contributed by atoms with Crippen molar-refractivity contribution < 1.29 is 26.6 Å². The third-order valence-corrected chi connectivity index (χ3v) is 5.48. The number of benzene rings is 1. The molecule has 1 aromatic carbocycles. The fraction of sp³-hybridized carbons (Fsp3) is 0.318. The first-order valence-electron chi connectivity index (χ1n) is 10.5. The van der Waals surface area contributed by atoms with Gasteiger partial charge in [0.25, 0.3) is 5.89 Å². The fourth-order valence-corrected chi connectivity index (χ4v) is 3.60. The first kappa shape index (κ1) is 23.5. The zero-order chi connectivity index (χ0) is 24.2. The van der Waals surface area contributed by atoms with Crippen LogP contribution < -0.4 is 4.74 Å². The quantitative estimate of drug-likeness (QED) is 0.344. The third kappa shape index (κ3) is 5.28. The minimum atomic E-state index is -2.73. The van der Waals surface area contributed by atoms with Gasteiger partial charge in [-0.05, 0) is 24.6 Å². The molecule has 178 valence electrons. The van der Waals surface area contributed by atoms with Gasteiger partial charge in [-0.3, -0.25) is 0 Å². The minimum Gasteiger partial charge on any atom is -0.479 e. The van der Waals surface area contributed by atoms with Gasteiger partial charge in [0.15, 0.2) is 6.10 Å². The number of nitrogens with zero attached hydrogens (tertiary/aromatic N) is 5. The average molecular weight is 488 g/mol. The normalized spacial score (nSPS) is 12.4. The van der Waals surface area contributed by atoms with E-state index in [1.807, 2.05) is 20.8 Å². The molecule has 0 spiro atoms. The predicted molar refractivity (Wildman–Crippen MR) is 119 cm³/mol. The molecule has 4 rings (SSSR count). The molecule has 0 aliphatic rings. The largest absolute Gasteiger partial charge is 0.479 e. The van der Waals surface area contributed by atoms with Crippen molar-refractivity contribution in [2.45, 2.75) is 45.0 Å². The van der Waals surface area contributed by atoms with Gasteiger partial charge in [-0.25, -0.2) is 17.8 Å². The molecule has 34 heavy (non-hydrogen) atoms. The van der Waals surface area contributed by atoms with Gasteiger partial charge in [0.1, 0.15) is 28.0 Å². The van der Waals surface area contributed by atoms with Crippen molar-refractivity contribution in [2.24, 2.45) is 0 Å². The number of ether oxygens (including phenoxy) is 1. The summed E-state index contributed by atoms with van der Waals surface area (Å²) in [5.41, 5.74) is 0.984. The third-order valence-electron chi connectivity index (χ3n) is 4.88. The Hall–Kier alpha value is -3.67. The summed E-state index contributed by atoms with van der Waals surface area (Å²) < 4.78 is 52.4. The summed E-state index contributed by atoms with van der Waals surface area (Å²) in [6.07, 6.45) is 1.51. The zero-order valence-corrected chi connectivity index (χ0v) is 19.5. The van der Waals surface area contributed by atoms with Gasteiger partial charge in [0.05, 0.1) is 11.9 Å². The fourth-order valence-electron chi connectivity index (χ4n) is 3.07. The van der Waals surface area contributed by atoms with Crippen molar-refractivity contribution in [2.75, 3.05) is 0 Å². The van der Waals surface area contributed by atoms with E-state index in [1.165, 1.54) is 18.3 Å². The van der Waals surface area contributed by atoms with E-state index in [2.05, 4.69) is 25.3 Å². The summed E-state index contributed by atoms with van der Waals surface area (Å²) in [5, 5.41) is 7.84. The van der Waals surface area contributed by atoms with Gasteiger partial charge >= 0.3 is 0 Å². The van der Waals surface area contributed by atoms with E-state index >= 15 is 0 Å². The summed E-state index contributed by atoms with van der Waals surface area (Å²) in [6, 6.07) is 7.55. The Morgan fingerprint density at radius 3 is 2.38 bits per heavy atom. The smallest absolute Gasteiger partial charge is 0.268 e. The lowest BCUT2D eigenvalue weighted by Gasteiger charge is -2.13. The van der Waals surface area contributed by atoms with E-state index < -0.39 is 22.6 Å². The highest BCUT2D eigenvalue weighted by Crippen LogP contribution is 2.27. The van der Waals surface area contributed by atoms with Crippen LogP contribution in [0.1, 0.15) is 56.6 Å². The van der Waals surface area contributed by atoms with Crippen LogP contribution in [0, 0.1) is 5.82 Å². The second-order valence-corrected chi connectivity index (χ2v) is 8.74. The molecule has 0 amide bonds. The number of thiol groups is 1. The number of hydrogen-bond acceptors (Lipinski definition) is 10. The second kappa shape index (κ2) is 10.1. The Bertz CT molecular complexity index is 1340. The molecule has 1 atom stereocenters. The van der Waals surface area contributed by atoms with E-state index in [-0.39, 0.29) is 28.9 Å². The van der Waals surface area contributed by atoms with Crippen molar-refractivity contribution in [1.29, 1.82) is 0 Å². The van der Waals surface area contributed by atoms with Gasteiger partial charge in [0.2, 0.25) is 17.5 Å². The molecule has 4 aromatic rings. The van der Waals surface area contributed by atoms with Crippen molar-refractivity contribution in [3.63, 3.8) is 0 Å². The van der Waals surface area contributed by atoms with Crippen LogP contribution in [0.3, 0.4) is 0 Å². The Balaban J connectivity index is 1.47. The summed E-state index contributed by atoms with van der Waals surface area (Å²) in [4.78, 5) is 13.0. The van der Waals surface area contributed by atoms with Crippen LogP contribution in [0.4, 0.5) is 4.39 Å². The van der Waals surface area contributed by atoms with Crippen LogP contribution in [0.25, 0.3) is 22.9 Å². The molecule has 0 fully saturated rings. The van der Waals surface area contributed by atoms with Crippen LogP contribution in [-0.2, 0) is 16.5 Å². The monoisotopic (exact) mass is 487 g/mol. The summed E-state index contributed by atoms with van der Waals surface area (Å²) in [6.45, 7) is 5.81. The van der Waals surface area contributed by atoms with Crippen LogP contribution in [-0.4, -0.2) is 33.7 Å². The number of halogens is 1. The lowest BCUT2D eigenvalue weighted by atomic mass is 10.1. The molecule has 12 heteroatoms. The maximum absolute atomic E-state index is 14.2. The molecular weight excluding hydrogens is 465 g/mol. The molecular formula is C22H22FN5O5S. The second-order valence-electron chi connectivity index (χ2n) is 7.76. The number of pyridine rings is 1. The molecule has 3 aromatic heterocycles. The Morgan fingerprint density at radius 2 is 1.76 bits per heavy atom. The lowest BCUT2D eigenvalue weighted by Crippen LogP contribution is -2.07. The Kier molecular flexibility index (Phi) is 6.96. The van der Waals surface area contributed by atoms with Gasteiger partial charge in [0, 0.05) is 17.0 Å². The molecule has 10 nitrogen and oxygen atoms in total. The van der Waals surface area contributed by atoms with Crippen LogP contribution in [0.5, 0.6) is 5.75 Å². The predicted octanol–water partition coefficient (Wildman–Crippen LogP) is 4.09. The highest BCUT2D eigenvalue weighted by atomic mass is 32.2. The van der Waals surface area contributed by atoms with Crippen LogP contribution in [0.2, 0.25) is 0 Å². The van der Waals surface area contributed by atoms with Gasteiger partial charge < -0.3 is 13.8 Å². The van der Waals surface area contributed by atoms with Crippen molar-refractivity contribution in [3.05, 3.63) is 59.7 Å². The maximum atomic E-state index is 14.2. The highest BCUT2D eigenvalue weighted by molar-refractivity contribution is 7.71. The SMILES string of the molecule is CCC(Oc1ccc(-c2noc(C(C)C)n2)nc1)c1nc(-c2ccc(C[SH](=O)=O)c(F)c2)no1. The van der Waals surface area contributed by atoms with E-state index in [9.17, 15) is 12.8 Å². The first-order chi connectivity index (χ1) is 16.3. The van der Waals surface area contributed by atoms with Crippen molar-refractivity contribution in [1.82, 2.24) is 25.3 Å². The topological polar surface area (TPSA) is 134 Å². The molecule has 0 radical (unpaired) electrons. The molecule has 0 aliphatic carbocycles. The highest BCUT2D eigenvalue weighted by Gasteiger charge is 2.21. The van der Waals surface area contributed by atoms with Crippen LogP contribution >= 0.6 is 0 Å². The molecule has 0 saturated carbocycles. The van der Waals surface area contributed by atoms with Crippen LogP contribution in [0.15, 0.2) is 45.6 Å². The number of hydrogen-bond donors (Lipinski definition) is 1.